The summed E-state index contributed by atoms with van der Waals surface area (Å²) in [7, 11) is 7.34. The molecule has 0 aliphatic carbocycles. The first-order valence-electron chi connectivity index (χ1n) is 3.05. The zero-order valence-corrected chi connectivity index (χ0v) is 9.72. The molecule has 0 aromatic heterocycles. The second-order valence-electron chi connectivity index (χ2n) is 1.85. The Hall–Kier alpha value is 0.333. The van der Waals surface area contributed by atoms with Crippen LogP contribution in [0.2, 0.25) is 0 Å². The Balaban J connectivity index is 0.000000354. The van der Waals surface area contributed by atoms with E-state index in [4.69, 9.17) is 10.0 Å². The predicted molar refractivity (Wildman–Crippen MR) is 51.4 cm³/mol. The monoisotopic (exact) mass is 284 g/mol. The Morgan fingerprint density at radius 3 is 1.75 bits per heavy atom. The van der Waals surface area contributed by atoms with Crippen molar-refractivity contribution in [2.24, 2.45) is 0 Å². The first-order chi connectivity index (χ1) is 5.72. The van der Waals surface area contributed by atoms with E-state index in [2.05, 4.69) is 19.6 Å². The van der Waals surface area contributed by atoms with E-state index in [1.807, 2.05) is 6.07 Å². The van der Waals surface area contributed by atoms with Crippen molar-refractivity contribution >= 4 is 32.2 Å². The molecule has 12 heavy (non-hydrogen) atoms. The molecule has 2 N–H and O–H groups in total. The molecule has 0 saturated carbocycles. The first kappa shape index (κ1) is 12.3. The van der Waals surface area contributed by atoms with Gasteiger partial charge in [-0.2, -0.15) is 0 Å². The van der Waals surface area contributed by atoms with Gasteiger partial charge in [-0.25, -0.2) is 0 Å². The minimum atomic E-state index is -1.34. The summed E-state index contributed by atoms with van der Waals surface area (Å²) in [6.45, 7) is 0. The summed E-state index contributed by atoms with van der Waals surface area (Å²) >= 11 is -0.363. The maximum absolute atomic E-state index is 8.58. The first-order valence-corrected chi connectivity index (χ1v) is 8.63. The van der Waals surface area contributed by atoms with Crippen molar-refractivity contribution in [2.75, 3.05) is 0 Å². The predicted octanol–water partition coefficient (Wildman–Crippen LogP) is 0.660. The average Bonchev–Trinajstić information content (AvgIpc) is 2.07. The Labute approximate surface area is 87.2 Å². The van der Waals surface area contributed by atoms with Gasteiger partial charge in [-0.15, -0.1) is 0 Å². The summed E-state index contributed by atoms with van der Waals surface area (Å²) in [5.74, 6) is 0. The Morgan fingerprint density at radius 1 is 1.08 bits per heavy atom. The molecular formula is C6H7BMoO2S2. The van der Waals surface area contributed by atoms with E-state index in [0.29, 0.717) is 5.46 Å². The van der Waals surface area contributed by atoms with Gasteiger partial charge in [0.15, 0.2) is 0 Å². The zero-order valence-electron chi connectivity index (χ0n) is 6.08. The van der Waals surface area contributed by atoms with Crippen LogP contribution in [0, 0.1) is 0 Å². The summed E-state index contributed by atoms with van der Waals surface area (Å²) in [4.78, 5) is 0. The van der Waals surface area contributed by atoms with Crippen molar-refractivity contribution in [3.05, 3.63) is 30.3 Å². The van der Waals surface area contributed by atoms with Crippen LogP contribution in [0.15, 0.2) is 30.3 Å². The van der Waals surface area contributed by atoms with Gasteiger partial charge in [0.05, 0.1) is 0 Å². The maximum atomic E-state index is 8.58. The number of hydrogen-bond donors (Lipinski definition) is 2. The molecule has 0 atom stereocenters. The molecule has 1 aromatic rings. The minimum absolute atomic E-state index is 0.363. The van der Waals surface area contributed by atoms with Gasteiger partial charge in [-0.3, -0.25) is 0 Å². The number of rotatable bonds is 1. The van der Waals surface area contributed by atoms with Gasteiger partial charge in [-0.1, -0.05) is 30.3 Å². The fourth-order valence-electron chi connectivity index (χ4n) is 0.625. The Bertz CT molecular complexity index is 249. The third-order valence-electron chi connectivity index (χ3n) is 1.10. The van der Waals surface area contributed by atoms with Crippen molar-refractivity contribution in [2.45, 2.75) is 0 Å². The van der Waals surface area contributed by atoms with Crippen LogP contribution in [-0.4, -0.2) is 17.2 Å². The molecule has 0 heterocycles. The van der Waals surface area contributed by atoms with E-state index in [0.717, 1.165) is 0 Å². The van der Waals surface area contributed by atoms with Gasteiger partial charge in [0.1, 0.15) is 0 Å². The van der Waals surface area contributed by atoms with E-state index >= 15 is 0 Å². The second kappa shape index (κ2) is 7.96. The quantitative estimate of drug-likeness (QED) is 0.742. The van der Waals surface area contributed by atoms with Crippen LogP contribution in [0.25, 0.3) is 0 Å². The Morgan fingerprint density at radius 2 is 1.50 bits per heavy atom. The van der Waals surface area contributed by atoms with Crippen LogP contribution in [0.3, 0.4) is 0 Å². The van der Waals surface area contributed by atoms with Crippen LogP contribution in [0.5, 0.6) is 0 Å². The molecule has 64 valence electrons. The van der Waals surface area contributed by atoms with Gasteiger partial charge in [0.2, 0.25) is 0 Å². The number of benzene rings is 1. The van der Waals surface area contributed by atoms with E-state index < -0.39 is 7.12 Å². The third-order valence-corrected chi connectivity index (χ3v) is 1.10. The summed E-state index contributed by atoms with van der Waals surface area (Å²) in [6, 6.07) is 8.66. The molecule has 0 fully saturated rings. The van der Waals surface area contributed by atoms with Crippen LogP contribution in [0.1, 0.15) is 0 Å². The normalized spacial score (nSPS) is 7.83. The molecule has 6 heteroatoms. The van der Waals surface area contributed by atoms with E-state index in [1.165, 1.54) is 0 Å². The van der Waals surface area contributed by atoms with Crippen molar-refractivity contribution < 1.29 is 25.0 Å². The van der Waals surface area contributed by atoms with Gasteiger partial charge in [0, 0.05) is 0 Å². The number of hydrogen-bond acceptors (Lipinski definition) is 4. The van der Waals surface area contributed by atoms with Gasteiger partial charge in [0.25, 0.3) is 0 Å². The second-order valence-corrected chi connectivity index (χ2v) is 5.41. The SMILES string of the molecule is OB(O)c1ccccc1.[S]=[Mo]=[S]. The van der Waals surface area contributed by atoms with Crippen LogP contribution in [0.4, 0.5) is 0 Å². The fraction of sp³-hybridized carbons (Fsp3) is 0. The van der Waals surface area contributed by atoms with Crippen LogP contribution in [-0.2, 0) is 14.9 Å². The summed E-state index contributed by atoms with van der Waals surface area (Å²) in [5.41, 5.74) is 0.525. The van der Waals surface area contributed by atoms with Crippen LogP contribution >= 0.6 is 19.6 Å². The standard InChI is InChI=1S/C6H7BO2.Mo.2S/c8-7(9)6-4-2-1-3-5-6;;;/h1-5,8-9H;;;. The molecule has 0 aliphatic heterocycles. The van der Waals surface area contributed by atoms with Crippen molar-refractivity contribution in [1.82, 2.24) is 0 Å². The van der Waals surface area contributed by atoms with E-state index in [9.17, 15) is 0 Å². The summed E-state index contributed by atoms with van der Waals surface area (Å²) < 4.78 is 0. The van der Waals surface area contributed by atoms with Gasteiger partial charge >= 0.3 is 41.7 Å². The van der Waals surface area contributed by atoms with E-state index in [1.54, 1.807) is 24.3 Å². The van der Waals surface area contributed by atoms with Crippen molar-refractivity contribution in [1.29, 1.82) is 0 Å². The zero-order chi connectivity index (χ0) is 9.40. The summed E-state index contributed by atoms with van der Waals surface area (Å²) in [6.07, 6.45) is 0. The van der Waals surface area contributed by atoms with E-state index in [-0.39, 0.29) is 14.9 Å². The molecule has 1 aromatic carbocycles. The molecule has 1 rings (SSSR count). The van der Waals surface area contributed by atoms with Crippen molar-refractivity contribution in [3.8, 4) is 0 Å². The third kappa shape index (κ3) is 5.92. The molecule has 0 amide bonds. The molecule has 0 unspecified atom stereocenters. The average molecular weight is 282 g/mol. The molecular weight excluding hydrogens is 275 g/mol. The molecule has 0 radical (unpaired) electrons. The molecule has 0 saturated heterocycles. The molecule has 0 spiro atoms. The van der Waals surface area contributed by atoms with Crippen LogP contribution < -0.4 is 5.46 Å². The van der Waals surface area contributed by atoms with Gasteiger partial charge in [-0.05, 0) is 5.46 Å². The molecule has 0 aliphatic rings. The summed E-state index contributed by atoms with van der Waals surface area (Å²) in [5, 5.41) is 17.2. The van der Waals surface area contributed by atoms with Crippen molar-refractivity contribution in [3.63, 3.8) is 0 Å². The van der Waals surface area contributed by atoms with Gasteiger partial charge < -0.3 is 10.0 Å². The molecule has 0 bridgehead atoms. The topological polar surface area (TPSA) is 40.5 Å². The molecule has 2 nitrogen and oxygen atoms in total. The fourth-order valence-corrected chi connectivity index (χ4v) is 0.625. The Kier molecular flexibility index (Phi) is 8.18.